The molecule has 0 aliphatic rings. The number of thioether (sulfide) groups is 1. The number of carbonyl (C=O) groups is 2. The monoisotopic (exact) mass is 454 g/mol. The van der Waals surface area contributed by atoms with Crippen LogP contribution in [-0.4, -0.2) is 39.9 Å². The summed E-state index contributed by atoms with van der Waals surface area (Å²) in [6.07, 6.45) is -0.465. The molecule has 7 nitrogen and oxygen atoms in total. The highest BCUT2D eigenvalue weighted by Crippen LogP contribution is 2.27. The van der Waals surface area contributed by atoms with Crippen molar-refractivity contribution in [1.29, 1.82) is 0 Å². The normalized spacial score (nSPS) is 11.4. The average molecular weight is 455 g/mol. The molecule has 29 heavy (non-hydrogen) atoms. The average Bonchev–Trinajstić information content (AvgIpc) is 3.23. The second kappa shape index (κ2) is 9.06. The predicted molar refractivity (Wildman–Crippen MR) is 115 cm³/mol. The number of fused-ring (bicyclic) bond motifs is 1. The molecule has 0 aliphatic carbocycles. The maximum absolute atomic E-state index is 13.3. The van der Waals surface area contributed by atoms with Crippen LogP contribution >= 0.6 is 34.4 Å². The minimum absolute atomic E-state index is 0.281. The quantitative estimate of drug-likeness (QED) is 0.412. The number of rotatable bonds is 6. The van der Waals surface area contributed by atoms with E-state index in [1.165, 1.54) is 46.6 Å². The molecule has 2 N–H and O–H groups in total. The van der Waals surface area contributed by atoms with Crippen LogP contribution in [0.3, 0.4) is 0 Å². The number of aromatic nitrogens is 2. The Kier molecular flexibility index (Phi) is 6.70. The number of anilines is 1. The number of nitrogens with zero attached hydrogens (tertiary/aromatic N) is 2. The molecule has 2 amide bonds. The fourth-order valence-electron chi connectivity index (χ4n) is 2.15. The van der Waals surface area contributed by atoms with Gasteiger partial charge < -0.3 is 10.1 Å². The Morgan fingerprint density at radius 2 is 2.07 bits per heavy atom. The van der Waals surface area contributed by atoms with Crippen LogP contribution in [0.25, 0.3) is 10.2 Å². The summed E-state index contributed by atoms with van der Waals surface area (Å²) >= 11 is 4.05. The number of thiazole rings is 2. The number of ether oxygens (including phenoxy) is 1. The lowest BCUT2D eigenvalue weighted by atomic mass is 10.2. The molecule has 0 saturated carbocycles. The third-order valence-corrected chi connectivity index (χ3v) is 6.26. The molecular formula is C18H19FN4O3S3. The number of hydrogen-bond acceptors (Lipinski definition) is 8. The fraction of sp³-hybridized carbons (Fsp3) is 0.333. The third kappa shape index (κ3) is 6.38. The van der Waals surface area contributed by atoms with Gasteiger partial charge in [0.25, 0.3) is 5.91 Å². The first-order chi connectivity index (χ1) is 13.7. The molecule has 0 saturated heterocycles. The van der Waals surface area contributed by atoms with Crippen molar-refractivity contribution >= 4 is 61.8 Å². The highest BCUT2D eigenvalue weighted by atomic mass is 32.2. The van der Waals surface area contributed by atoms with E-state index in [2.05, 4.69) is 20.6 Å². The van der Waals surface area contributed by atoms with E-state index in [1.807, 2.05) is 0 Å². The van der Waals surface area contributed by atoms with Crippen LogP contribution in [0.1, 0.15) is 31.3 Å². The van der Waals surface area contributed by atoms with Crippen molar-refractivity contribution in [1.82, 2.24) is 15.3 Å². The van der Waals surface area contributed by atoms with E-state index < -0.39 is 11.7 Å². The van der Waals surface area contributed by atoms with Crippen LogP contribution < -0.4 is 10.6 Å². The summed E-state index contributed by atoms with van der Waals surface area (Å²) in [6, 6.07) is 4.30. The van der Waals surface area contributed by atoms with Crippen LogP contribution in [0.2, 0.25) is 0 Å². The number of carbonyl (C=O) groups excluding carboxylic acids is 2. The Labute approximate surface area is 179 Å². The smallest absolute Gasteiger partial charge is 0.407 e. The van der Waals surface area contributed by atoms with E-state index in [1.54, 1.807) is 32.2 Å². The Morgan fingerprint density at radius 3 is 2.83 bits per heavy atom. The summed E-state index contributed by atoms with van der Waals surface area (Å²) < 4.78 is 19.9. The molecule has 154 valence electrons. The first kappa shape index (κ1) is 21.5. The standard InChI is InChI=1S/C18H19FN4O3S3/c1-18(2,3)26-16(25)20-6-7-27-17-22-12(9-28-17)14(24)23-15-21-11-8-10(19)4-5-13(11)29-15/h4-5,8-9H,6-7H2,1-3H3,(H,20,25)(H,21,23,24). The molecule has 11 heteroatoms. The predicted octanol–water partition coefficient (Wildman–Crippen LogP) is 4.76. The molecule has 0 bridgehead atoms. The van der Waals surface area contributed by atoms with Gasteiger partial charge in [-0.3, -0.25) is 10.1 Å². The number of amides is 2. The summed E-state index contributed by atoms with van der Waals surface area (Å²) in [5.41, 5.74) is 0.243. The lowest BCUT2D eigenvalue weighted by Gasteiger charge is -2.19. The van der Waals surface area contributed by atoms with Gasteiger partial charge in [0.15, 0.2) is 9.47 Å². The Morgan fingerprint density at radius 1 is 1.28 bits per heavy atom. The number of halogens is 1. The van der Waals surface area contributed by atoms with Gasteiger partial charge in [0, 0.05) is 23.7 Å². The third-order valence-electron chi connectivity index (χ3n) is 3.28. The Hall–Kier alpha value is -2.24. The lowest BCUT2D eigenvalue weighted by Crippen LogP contribution is -2.33. The summed E-state index contributed by atoms with van der Waals surface area (Å²) in [7, 11) is 0. The SMILES string of the molecule is CC(C)(C)OC(=O)NCCSc1nc(C(=O)Nc2nc3cc(F)ccc3s2)cs1. The van der Waals surface area contributed by atoms with Crippen molar-refractivity contribution in [2.75, 3.05) is 17.6 Å². The molecule has 0 unspecified atom stereocenters. The van der Waals surface area contributed by atoms with Crippen LogP contribution in [0.15, 0.2) is 27.9 Å². The van der Waals surface area contributed by atoms with Crippen LogP contribution in [0, 0.1) is 5.82 Å². The van der Waals surface area contributed by atoms with Gasteiger partial charge in [0.05, 0.1) is 10.2 Å². The molecule has 1 aromatic carbocycles. The van der Waals surface area contributed by atoms with E-state index in [-0.39, 0.29) is 17.4 Å². The second-order valence-corrected chi connectivity index (χ2v) is 10.1. The molecular weight excluding hydrogens is 435 g/mol. The van der Waals surface area contributed by atoms with E-state index >= 15 is 0 Å². The minimum Gasteiger partial charge on any atom is -0.444 e. The summed E-state index contributed by atoms with van der Waals surface area (Å²) in [5, 5.41) is 7.41. The van der Waals surface area contributed by atoms with Gasteiger partial charge in [-0.05, 0) is 32.9 Å². The van der Waals surface area contributed by atoms with E-state index in [0.29, 0.717) is 27.3 Å². The van der Waals surface area contributed by atoms with Crippen LogP contribution in [-0.2, 0) is 4.74 Å². The zero-order valence-corrected chi connectivity index (χ0v) is 18.4. The van der Waals surface area contributed by atoms with Gasteiger partial charge in [-0.25, -0.2) is 19.2 Å². The molecule has 2 heterocycles. The van der Waals surface area contributed by atoms with E-state index in [0.717, 1.165) is 4.70 Å². The molecule has 0 fully saturated rings. The van der Waals surface area contributed by atoms with E-state index in [9.17, 15) is 14.0 Å². The molecule has 3 rings (SSSR count). The zero-order chi connectivity index (χ0) is 21.0. The van der Waals surface area contributed by atoms with Crippen molar-refractivity contribution in [3.8, 4) is 0 Å². The van der Waals surface area contributed by atoms with Gasteiger partial charge in [-0.1, -0.05) is 23.1 Å². The lowest BCUT2D eigenvalue weighted by molar-refractivity contribution is 0.0531. The van der Waals surface area contributed by atoms with Gasteiger partial charge in [0.1, 0.15) is 17.1 Å². The fourth-order valence-corrected chi connectivity index (χ4v) is 4.72. The molecule has 3 aromatic rings. The first-order valence-corrected chi connectivity index (χ1v) is 11.3. The number of benzene rings is 1. The Balaban J connectivity index is 1.48. The van der Waals surface area contributed by atoms with Crippen LogP contribution in [0.4, 0.5) is 14.3 Å². The van der Waals surface area contributed by atoms with Crippen LogP contribution in [0.5, 0.6) is 0 Å². The number of alkyl carbamates (subject to hydrolysis) is 1. The van der Waals surface area contributed by atoms with Gasteiger partial charge in [0.2, 0.25) is 0 Å². The van der Waals surface area contributed by atoms with Gasteiger partial charge >= 0.3 is 6.09 Å². The zero-order valence-electron chi connectivity index (χ0n) is 15.9. The summed E-state index contributed by atoms with van der Waals surface area (Å²) in [6.45, 7) is 5.82. The Bertz CT molecular complexity index is 1030. The maximum Gasteiger partial charge on any atom is 0.407 e. The van der Waals surface area contributed by atoms with E-state index in [4.69, 9.17) is 4.74 Å². The molecule has 0 spiro atoms. The van der Waals surface area contributed by atoms with Crippen molar-refractivity contribution in [2.45, 2.75) is 30.7 Å². The summed E-state index contributed by atoms with van der Waals surface area (Å²) in [5.74, 6) is -0.153. The number of nitrogens with one attached hydrogen (secondary N) is 2. The maximum atomic E-state index is 13.3. The molecule has 2 aromatic heterocycles. The van der Waals surface area contributed by atoms with Gasteiger partial charge in [-0.15, -0.1) is 11.3 Å². The molecule has 0 atom stereocenters. The van der Waals surface area contributed by atoms with Crippen molar-refractivity contribution in [2.24, 2.45) is 0 Å². The van der Waals surface area contributed by atoms with Crippen molar-refractivity contribution in [3.05, 3.63) is 35.1 Å². The first-order valence-electron chi connectivity index (χ1n) is 8.62. The topological polar surface area (TPSA) is 93.2 Å². The van der Waals surface area contributed by atoms with Gasteiger partial charge in [-0.2, -0.15) is 0 Å². The largest absolute Gasteiger partial charge is 0.444 e. The molecule has 0 aliphatic heterocycles. The highest BCUT2D eigenvalue weighted by Gasteiger charge is 2.16. The molecule has 0 radical (unpaired) electrons. The minimum atomic E-state index is -0.535. The summed E-state index contributed by atoms with van der Waals surface area (Å²) in [4.78, 5) is 32.5. The van der Waals surface area contributed by atoms with Crippen molar-refractivity contribution in [3.63, 3.8) is 0 Å². The second-order valence-electron chi connectivity index (χ2n) is 6.86. The van der Waals surface area contributed by atoms with Crippen molar-refractivity contribution < 1.29 is 18.7 Å². The highest BCUT2D eigenvalue weighted by molar-refractivity contribution is 8.01. The number of hydrogen-bond donors (Lipinski definition) is 2.